The van der Waals surface area contributed by atoms with Crippen LogP contribution >= 0.6 is 0 Å². The van der Waals surface area contributed by atoms with Crippen molar-refractivity contribution in [1.82, 2.24) is 5.48 Å². The predicted molar refractivity (Wildman–Crippen MR) is 64.1 cm³/mol. The molecule has 1 atom stereocenters. The number of aromatic nitrogens is 1. The van der Waals surface area contributed by atoms with Gasteiger partial charge in [0.1, 0.15) is 6.10 Å². The third kappa shape index (κ3) is 2.61. The van der Waals surface area contributed by atoms with Gasteiger partial charge < -0.3 is 5.11 Å². The minimum atomic E-state index is -0.716. The smallest absolute Gasteiger partial charge is 0.211 e. The molecule has 4 heteroatoms. The lowest BCUT2D eigenvalue weighted by molar-refractivity contribution is -0.368. The fourth-order valence-electron chi connectivity index (χ4n) is 1.72. The summed E-state index contributed by atoms with van der Waals surface area (Å²) in [5, 5.41) is 19.7. The zero-order valence-corrected chi connectivity index (χ0v) is 9.35. The average Bonchev–Trinajstić information content (AvgIpc) is 2.38. The molecule has 0 saturated heterocycles. The second kappa shape index (κ2) is 4.95. The molecule has 0 spiro atoms. The fourth-order valence-corrected chi connectivity index (χ4v) is 1.72. The highest BCUT2D eigenvalue weighted by Gasteiger charge is 2.16. The zero-order chi connectivity index (χ0) is 12.3. The van der Waals surface area contributed by atoms with Crippen LogP contribution in [0.25, 0.3) is 10.9 Å². The minimum absolute atomic E-state index is 0.255. The highest BCUT2D eigenvalue weighted by atomic mass is 16.5. The molecule has 88 valence electrons. The average molecular weight is 231 g/mol. The number of rotatable bonds is 4. The van der Waals surface area contributed by atoms with Gasteiger partial charge in [0.15, 0.2) is 0 Å². The molecule has 17 heavy (non-hydrogen) atoms. The summed E-state index contributed by atoms with van der Waals surface area (Å²) in [5.74, 6) is 0. The number of para-hydroxylation sites is 1. The van der Waals surface area contributed by atoms with Gasteiger partial charge in [-0.05, 0) is 12.1 Å². The van der Waals surface area contributed by atoms with E-state index in [-0.39, 0.29) is 6.42 Å². The Kier molecular flexibility index (Phi) is 3.37. The first-order chi connectivity index (χ1) is 8.20. The summed E-state index contributed by atoms with van der Waals surface area (Å²) in [6.07, 6.45) is -0.461. The summed E-state index contributed by atoms with van der Waals surface area (Å²) >= 11 is 0. The number of nitrogens with one attached hydrogen (secondary N) is 2. The molecule has 1 unspecified atom stereocenters. The molecular weight excluding hydrogens is 216 g/mol. The molecule has 0 radical (unpaired) electrons. The van der Waals surface area contributed by atoms with Gasteiger partial charge in [-0.15, -0.1) is 0 Å². The number of hydrogen-bond donors (Lipinski definition) is 3. The summed E-state index contributed by atoms with van der Waals surface area (Å²) < 4.78 is 0. The fraction of sp³-hybridized carbons (Fsp3) is 0.154. The van der Waals surface area contributed by atoms with E-state index >= 15 is 0 Å². The second-order valence-electron chi connectivity index (χ2n) is 3.94. The van der Waals surface area contributed by atoms with E-state index in [2.05, 4.69) is 11.6 Å². The molecule has 0 bridgehead atoms. The molecule has 0 saturated carbocycles. The Balaban J connectivity index is 2.26. The molecule has 0 aliphatic carbocycles. The van der Waals surface area contributed by atoms with Crippen LogP contribution < -0.4 is 10.5 Å². The Morgan fingerprint density at radius 1 is 1.29 bits per heavy atom. The Hall–Kier alpha value is -1.91. The highest BCUT2D eigenvalue weighted by Crippen LogP contribution is 2.17. The van der Waals surface area contributed by atoms with Crippen molar-refractivity contribution in [1.29, 1.82) is 0 Å². The van der Waals surface area contributed by atoms with Crippen molar-refractivity contribution in [2.24, 2.45) is 0 Å². The zero-order valence-electron chi connectivity index (χ0n) is 9.35. The van der Waals surface area contributed by atoms with E-state index in [1.807, 2.05) is 41.9 Å². The number of aliphatic hydroxyl groups is 1. The summed E-state index contributed by atoms with van der Waals surface area (Å²) in [7, 11) is 0. The number of pyridine rings is 1. The molecule has 1 aromatic heterocycles. The van der Waals surface area contributed by atoms with Crippen LogP contribution in [0.15, 0.2) is 48.7 Å². The van der Waals surface area contributed by atoms with Crippen LogP contribution in [0.1, 0.15) is 18.2 Å². The van der Waals surface area contributed by atoms with Crippen LogP contribution in [0, 0.1) is 0 Å². The monoisotopic (exact) mass is 231 g/mol. The van der Waals surface area contributed by atoms with Crippen molar-refractivity contribution in [3.8, 4) is 0 Å². The largest absolute Gasteiger partial charge is 0.382 e. The van der Waals surface area contributed by atoms with Crippen LogP contribution in [0.5, 0.6) is 0 Å². The van der Waals surface area contributed by atoms with Gasteiger partial charge in [0.25, 0.3) is 0 Å². The van der Waals surface area contributed by atoms with E-state index < -0.39 is 6.10 Å². The van der Waals surface area contributed by atoms with Crippen molar-refractivity contribution in [3.05, 3.63) is 54.4 Å². The number of hydroxylamine groups is 1. The van der Waals surface area contributed by atoms with Gasteiger partial charge in [0, 0.05) is 29.6 Å². The van der Waals surface area contributed by atoms with E-state index in [0.717, 1.165) is 10.9 Å². The van der Waals surface area contributed by atoms with E-state index in [4.69, 9.17) is 5.21 Å². The van der Waals surface area contributed by atoms with Crippen LogP contribution in [-0.4, -0.2) is 10.3 Å². The predicted octanol–water partition coefficient (Wildman–Crippen LogP) is 1.57. The van der Waals surface area contributed by atoms with Crippen LogP contribution in [0.4, 0.5) is 0 Å². The summed E-state index contributed by atoms with van der Waals surface area (Å²) in [4.78, 5) is 3.16. The standard InChI is InChI=1S/C13H14N2O2/c1-9(15-17)8-13(16)12-7-6-10-4-2-3-5-11(10)14-12/h2-7,13,15-17H,1,8H2/p+1. The molecule has 1 aromatic carbocycles. The molecule has 0 aliphatic rings. The van der Waals surface area contributed by atoms with Gasteiger partial charge in [-0.25, -0.2) is 4.98 Å². The molecule has 4 N–H and O–H groups in total. The summed E-state index contributed by atoms with van der Waals surface area (Å²) in [5.41, 5.74) is 3.97. The molecule has 2 aromatic rings. The van der Waals surface area contributed by atoms with Crippen molar-refractivity contribution in [2.75, 3.05) is 0 Å². The Morgan fingerprint density at radius 3 is 2.82 bits per heavy atom. The molecule has 4 nitrogen and oxygen atoms in total. The number of fused-ring (bicyclic) bond motifs is 1. The molecule has 0 aliphatic heterocycles. The highest BCUT2D eigenvalue weighted by molar-refractivity contribution is 5.74. The topological polar surface area (TPSA) is 66.6 Å². The Labute approximate surface area is 99.2 Å². The van der Waals surface area contributed by atoms with Crippen LogP contribution in [0.2, 0.25) is 0 Å². The molecule has 2 rings (SSSR count). The molecule has 0 amide bonds. The van der Waals surface area contributed by atoms with Crippen molar-refractivity contribution in [3.63, 3.8) is 0 Å². The molecular formula is C13H15N2O2+. The number of aliphatic hydroxyl groups excluding tert-OH is 1. The van der Waals surface area contributed by atoms with Gasteiger partial charge in [-0.1, -0.05) is 18.7 Å². The maximum atomic E-state index is 9.94. The molecule has 1 heterocycles. The van der Waals surface area contributed by atoms with Crippen LogP contribution in [-0.2, 0) is 0 Å². The van der Waals surface area contributed by atoms with Crippen molar-refractivity contribution in [2.45, 2.75) is 12.5 Å². The normalized spacial score (nSPS) is 12.4. The van der Waals surface area contributed by atoms with Crippen molar-refractivity contribution >= 4 is 10.9 Å². The number of aromatic amines is 1. The Bertz CT molecular complexity index is 540. The third-order valence-electron chi connectivity index (χ3n) is 2.64. The van der Waals surface area contributed by atoms with Gasteiger partial charge >= 0.3 is 0 Å². The number of hydrogen-bond acceptors (Lipinski definition) is 3. The van der Waals surface area contributed by atoms with Crippen LogP contribution in [0.3, 0.4) is 0 Å². The van der Waals surface area contributed by atoms with Crippen molar-refractivity contribution < 1.29 is 15.3 Å². The SMILES string of the molecule is C=C(CC(O)c1ccc2ccccc2[nH+]1)NO. The lowest BCUT2D eigenvalue weighted by Crippen LogP contribution is -2.18. The first-order valence-corrected chi connectivity index (χ1v) is 5.37. The van der Waals surface area contributed by atoms with E-state index in [1.54, 1.807) is 0 Å². The van der Waals surface area contributed by atoms with E-state index in [9.17, 15) is 5.11 Å². The maximum Gasteiger partial charge on any atom is 0.211 e. The Morgan fingerprint density at radius 2 is 2.06 bits per heavy atom. The first-order valence-electron chi connectivity index (χ1n) is 5.37. The third-order valence-corrected chi connectivity index (χ3v) is 2.64. The van der Waals surface area contributed by atoms with Gasteiger partial charge in [0.2, 0.25) is 11.2 Å². The quantitative estimate of drug-likeness (QED) is 0.700. The number of H-pyrrole nitrogens is 1. The second-order valence-corrected chi connectivity index (χ2v) is 3.94. The van der Waals surface area contributed by atoms with Gasteiger partial charge in [-0.3, -0.25) is 10.7 Å². The van der Waals surface area contributed by atoms with E-state index in [0.29, 0.717) is 11.4 Å². The first kappa shape index (κ1) is 11.6. The van der Waals surface area contributed by atoms with Gasteiger partial charge in [-0.2, -0.15) is 0 Å². The minimum Gasteiger partial charge on any atom is -0.382 e. The van der Waals surface area contributed by atoms with E-state index in [1.165, 1.54) is 0 Å². The maximum absolute atomic E-state index is 9.94. The number of benzene rings is 1. The summed E-state index contributed by atoms with van der Waals surface area (Å²) in [6.45, 7) is 3.57. The summed E-state index contributed by atoms with van der Waals surface area (Å²) in [6, 6.07) is 11.6. The lowest BCUT2D eigenvalue weighted by atomic mass is 10.1. The lowest BCUT2D eigenvalue weighted by Gasteiger charge is -2.07. The molecule has 0 fully saturated rings. The van der Waals surface area contributed by atoms with Gasteiger partial charge in [0.05, 0.1) is 0 Å².